The Bertz CT molecular complexity index is 551. The van der Waals surface area contributed by atoms with Gasteiger partial charge in [0.25, 0.3) is 0 Å². The van der Waals surface area contributed by atoms with Gasteiger partial charge in [0.15, 0.2) is 9.84 Å². The average Bonchev–Trinajstić information content (AvgIpc) is 2.36. The second-order valence-electron chi connectivity index (χ2n) is 4.17. The molecule has 2 rings (SSSR count). The molecule has 0 aromatic heterocycles. The predicted octanol–water partition coefficient (Wildman–Crippen LogP) is 1.61. The van der Waals surface area contributed by atoms with E-state index in [0.29, 0.717) is 12.2 Å². The molecular weight excluding hydrogens is 238 g/mol. The van der Waals surface area contributed by atoms with Crippen LogP contribution >= 0.6 is 0 Å². The molecule has 1 atom stereocenters. The van der Waals surface area contributed by atoms with E-state index in [1.807, 2.05) is 6.92 Å². The highest BCUT2D eigenvalue weighted by Gasteiger charge is 2.34. The van der Waals surface area contributed by atoms with Crippen molar-refractivity contribution in [3.8, 4) is 0 Å². The monoisotopic (exact) mass is 253 g/mol. The Morgan fingerprint density at radius 2 is 2.00 bits per heavy atom. The van der Waals surface area contributed by atoms with E-state index in [1.54, 1.807) is 31.2 Å². The second kappa shape index (κ2) is 4.14. The van der Waals surface area contributed by atoms with Crippen LogP contribution in [0.3, 0.4) is 0 Å². The standard InChI is InChI=1S/C12H15NO3S/c1-3-13-10-6-4-5-7-11(10)17(15,16)9(2)8-12(13)14/h4-7,9H,3,8H2,1-2H3. The van der Waals surface area contributed by atoms with Crippen LogP contribution in [0.2, 0.25) is 0 Å². The number of hydrogen-bond acceptors (Lipinski definition) is 3. The van der Waals surface area contributed by atoms with Crippen molar-refractivity contribution in [1.29, 1.82) is 0 Å². The number of nitrogens with zero attached hydrogens (tertiary/aromatic N) is 1. The fraction of sp³-hybridized carbons (Fsp3) is 0.417. The van der Waals surface area contributed by atoms with Crippen molar-refractivity contribution in [2.24, 2.45) is 0 Å². The van der Waals surface area contributed by atoms with Crippen LogP contribution in [0.15, 0.2) is 29.2 Å². The number of carbonyl (C=O) groups is 1. The third-order valence-corrected chi connectivity index (χ3v) is 5.26. The number of carbonyl (C=O) groups excluding carboxylic acids is 1. The van der Waals surface area contributed by atoms with Gasteiger partial charge in [0.1, 0.15) is 0 Å². The summed E-state index contributed by atoms with van der Waals surface area (Å²) in [5.74, 6) is -0.131. The maximum Gasteiger partial charge on any atom is 0.228 e. The highest BCUT2D eigenvalue weighted by Crippen LogP contribution is 2.32. The molecule has 92 valence electrons. The van der Waals surface area contributed by atoms with E-state index in [1.165, 1.54) is 4.90 Å². The number of sulfone groups is 1. The van der Waals surface area contributed by atoms with Gasteiger partial charge < -0.3 is 4.90 Å². The molecule has 1 aromatic rings. The second-order valence-corrected chi connectivity index (χ2v) is 6.50. The molecule has 0 fully saturated rings. The Balaban J connectivity index is 2.72. The first-order valence-corrected chi connectivity index (χ1v) is 7.16. The van der Waals surface area contributed by atoms with Gasteiger partial charge in [0.05, 0.1) is 15.8 Å². The molecule has 5 heteroatoms. The van der Waals surface area contributed by atoms with E-state index in [-0.39, 0.29) is 17.2 Å². The summed E-state index contributed by atoms with van der Waals surface area (Å²) >= 11 is 0. The Morgan fingerprint density at radius 3 is 2.65 bits per heavy atom. The lowest BCUT2D eigenvalue weighted by Crippen LogP contribution is -2.31. The van der Waals surface area contributed by atoms with Crippen LogP contribution in [0.4, 0.5) is 5.69 Å². The van der Waals surface area contributed by atoms with E-state index in [2.05, 4.69) is 0 Å². The fourth-order valence-electron chi connectivity index (χ4n) is 2.08. The Morgan fingerprint density at radius 1 is 1.35 bits per heavy atom. The first-order valence-electron chi connectivity index (χ1n) is 5.61. The molecular formula is C12H15NO3S. The van der Waals surface area contributed by atoms with Crippen molar-refractivity contribution in [2.75, 3.05) is 11.4 Å². The highest BCUT2D eigenvalue weighted by molar-refractivity contribution is 7.92. The molecule has 0 saturated heterocycles. The van der Waals surface area contributed by atoms with Gasteiger partial charge in [-0.3, -0.25) is 4.79 Å². The van der Waals surface area contributed by atoms with Gasteiger partial charge in [0, 0.05) is 13.0 Å². The Labute approximate surface area is 101 Å². The summed E-state index contributed by atoms with van der Waals surface area (Å²) in [5, 5.41) is -0.660. The molecule has 0 aliphatic carbocycles. The molecule has 0 N–H and O–H groups in total. The van der Waals surface area contributed by atoms with E-state index in [0.717, 1.165) is 0 Å². The fourth-order valence-corrected chi connectivity index (χ4v) is 3.62. The SMILES string of the molecule is CCN1C(=O)CC(C)S(=O)(=O)c2ccccc21. The number of para-hydroxylation sites is 1. The first-order chi connectivity index (χ1) is 7.98. The van der Waals surface area contributed by atoms with Crippen LogP contribution in [-0.2, 0) is 14.6 Å². The summed E-state index contributed by atoms with van der Waals surface area (Å²) < 4.78 is 24.5. The van der Waals surface area contributed by atoms with Crippen molar-refractivity contribution in [3.63, 3.8) is 0 Å². The zero-order chi connectivity index (χ0) is 12.6. The third kappa shape index (κ3) is 1.84. The van der Waals surface area contributed by atoms with Crippen molar-refractivity contribution in [1.82, 2.24) is 0 Å². The summed E-state index contributed by atoms with van der Waals surface area (Å²) in [4.78, 5) is 13.8. The number of benzene rings is 1. The van der Waals surface area contributed by atoms with E-state index < -0.39 is 15.1 Å². The minimum Gasteiger partial charge on any atom is -0.311 e. The molecule has 1 aliphatic heterocycles. The predicted molar refractivity (Wildman–Crippen MR) is 65.7 cm³/mol. The highest BCUT2D eigenvalue weighted by atomic mass is 32.2. The van der Waals surface area contributed by atoms with Crippen molar-refractivity contribution < 1.29 is 13.2 Å². The molecule has 17 heavy (non-hydrogen) atoms. The minimum absolute atomic E-state index is 0.0465. The van der Waals surface area contributed by atoms with Gasteiger partial charge in [-0.15, -0.1) is 0 Å². The summed E-state index contributed by atoms with van der Waals surface area (Å²) in [6, 6.07) is 6.70. The van der Waals surface area contributed by atoms with E-state index >= 15 is 0 Å². The molecule has 0 radical (unpaired) electrons. The topological polar surface area (TPSA) is 54.5 Å². The van der Waals surface area contributed by atoms with Crippen molar-refractivity contribution in [2.45, 2.75) is 30.4 Å². The maximum atomic E-state index is 12.3. The number of hydrogen-bond donors (Lipinski definition) is 0. The molecule has 0 saturated carbocycles. The van der Waals surface area contributed by atoms with Gasteiger partial charge >= 0.3 is 0 Å². The number of rotatable bonds is 1. The smallest absolute Gasteiger partial charge is 0.228 e. The van der Waals surface area contributed by atoms with Crippen LogP contribution in [0.5, 0.6) is 0 Å². The average molecular weight is 253 g/mol. The lowest BCUT2D eigenvalue weighted by Gasteiger charge is -2.20. The first kappa shape index (κ1) is 12.1. The lowest BCUT2D eigenvalue weighted by atomic mass is 10.2. The Kier molecular flexibility index (Phi) is 2.95. The molecule has 4 nitrogen and oxygen atoms in total. The minimum atomic E-state index is -3.40. The van der Waals surface area contributed by atoms with Crippen molar-refractivity contribution >= 4 is 21.4 Å². The molecule has 0 bridgehead atoms. The summed E-state index contributed by atoms with van der Waals surface area (Å²) in [6.07, 6.45) is 0.0465. The number of fused-ring (bicyclic) bond motifs is 1. The summed E-state index contributed by atoms with van der Waals surface area (Å²) in [7, 11) is -3.40. The summed E-state index contributed by atoms with van der Waals surface area (Å²) in [5.41, 5.74) is 0.504. The lowest BCUT2D eigenvalue weighted by molar-refractivity contribution is -0.118. The van der Waals surface area contributed by atoms with Crippen LogP contribution in [0, 0.1) is 0 Å². The molecule has 1 aliphatic rings. The normalized spacial score (nSPS) is 23.1. The van der Waals surface area contributed by atoms with Crippen LogP contribution < -0.4 is 4.90 Å². The van der Waals surface area contributed by atoms with Gasteiger partial charge in [-0.25, -0.2) is 8.42 Å². The van der Waals surface area contributed by atoms with Crippen LogP contribution in [0.25, 0.3) is 0 Å². The van der Waals surface area contributed by atoms with Crippen molar-refractivity contribution in [3.05, 3.63) is 24.3 Å². The largest absolute Gasteiger partial charge is 0.311 e. The zero-order valence-electron chi connectivity index (χ0n) is 9.88. The molecule has 0 spiro atoms. The number of amides is 1. The van der Waals surface area contributed by atoms with Gasteiger partial charge in [-0.1, -0.05) is 12.1 Å². The molecule has 1 unspecified atom stereocenters. The van der Waals surface area contributed by atoms with Gasteiger partial charge in [-0.2, -0.15) is 0 Å². The number of anilines is 1. The third-order valence-electron chi connectivity index (χ3n) is 3.07. The van der Waals surface area contributed by atoms with Crippen LogP contribution in [-0.4, -0.2) is 26.1 Å². The van der Waals surface area contributed by atoms with Crippen LogP contribution in [0.1, 0.15) is 20.3 Å². The van der Waals surface area contributed by atoms with Gasteiger partial charge in [-0.05, 0) is 26.0 Å². The van der Waals surface area contributed by atoms with E-state index in [4.69, 9.17) is 0 Å². The quantitative estimate of drug-likeness (QED) is 0.764. The van der Waals surface area contributed by atoms with E-state index in [9.17, 15) is 13.2 Å². The van der Waals surface area contributed by atoms with Gasteiger partial charge in [0.2, 0.25) is 5.91 Å². The molecule has 1 aromatic carbocycles. The zero-order valence-corrected chi connectivity index (χ0v) is 10.7. The molecule has 1 heterocycles. The summed E-state index contributed by atoms with van der Waals surface area (Å²) in [6.45, 7) is 3.92. The maximum absolute atomic E-state index is 12.3. The Hall–Kier alpha value is -1.36. The molecule has 1 amide bonds.